The SMILES string of the molecule is CN=C(NCCc1cn2ccccc2n1)NCCC(C)N(C)Cc1ccccc1.I. The maximum Gasteiger partial charge on any atom is 0.190 e. The quantitative estimate of drug-likeness (QED) is 0.258. The maximum atomic E-state index is 4.63. The molecule has 0 radical (unpaired) electrons. The van der Waals surface area contributed by atoms with E-state index in [2.05, 4.69) is 80.4 Å². The van der Waals surface area contributed by atoms with E-state index >= 15 is 0 Å². The van der Waals surface area contributed by atoms with Crippen LogP contribution in [0.2, 0.25) is 0 Å². The van der Waals surface area contributed by atoms with E-state index < -0.39 is 0 Å². The van der Waals surface area contributed by atoms with Gasteiger partial charge in [0.05, 0.1) is 5.69 Å². The summed E-state index contributed by atoms with van der Waals surface area (Å²) in [6, 6.07) is 17.1. The van der Waals surface area contributed by atoms with E-state index in [4.69, 9.17) is 0 Å². The van der Waals surface area contributed by atoms with Crippen LogP contribution in [0, 0.1) is 0 Å². The van der Waals surface area contributed by atoms with Gasteiger partial charge in [-0.25, -0.2) is 4.98 Å². The van der Waals surface area contributed by atoms with Crippen molar-refractivity contribution in [2.24, 2.45) is 4.99 Å². The van der Waals surface area contributed by atoms with Gasteiger partial charge in [0.15, 0.2) is 5.96 Å². The molecular weight excluding hydrogens is 487 g/mol. The second kappa shape index (κ2) is 12.5. The molecule has 162 valence electrons. The highest BCUT2D eigenvalue weighted by Gasteiger charge is 2.10. The number of nitrogens with one attached hydrogen (secondary N) is 2. The summed E-state index contributed by atoms with van der Waals surface area (Å²) in [6.07, 6.45) is 6.02. The van der Waals surface area contributed by atoms with Crippen molar-refractivity contribution in [3.05, 3.63) is 72.2 Å². The Kier molecular flexibility index (Phi) is 10.1. The predicted octanol–water partition coefficient (Wildman–Crippen LogP) is 3.57. The van der Waals surface area contributed by atoms with Gasteiger partial charge in [0.1, 0.15) is 5.65 Å². The van der Waals surface area contributed by atoms with Crippen molar-refractivity contribution in [2.45, 2.75) is 32.4 Å². The Morgan fingerprint density at radius 2 is 1.83 bits per heavy atom. The van der Waals surface area contributed by atoms with Crippen LogP contribution in [0.4, 0.5) is 0 Å². The Morgan fingerprint density at radius 1 is 1.10 bits per heavy atom. The number of fused-ring (bicyclic) bond motifs is 1. The predicted molar refractivity (Wildman–Crippen MR) is 136 cm³/mol. The first-order valence-corrected chi connectivity index (χ1v) is 10.3. The third kappa shape index (κ3) is 7.28. The Morgan fingerprint density at radius 3 is 2.57 bits per heavy atom. The molecule has 0 amide bonds. The van der Waals surface area contributed by atoms with Gasteiger partial charge in [-0.2, -0.15) is 0 Å². The van der Waals surface area contributed by atoms with Crippen LogP contribution in [0.1, 0.15) is 24.6 Å². The smallest absolute Gasteiger partial charge is 0.190 e. The van der Waals surface area contributed by atoms with Gasteiger partial charge in [-0.05, 0) is 38.1 Å². The molecule has 1 atom stereocenters. The van der Waals surface area contributed by atoms with Gasteiger partial charge in [-0.1, -0.05) is 36.4 Å². The standard InChI is InChI=1S/C23H32N6.HI/c1-19(28(3)17-20-9-5-4-6-10-20)12-14-25-23(24-2)26-15-13-21-18-29-16-8-7-11-22(29)27-21;/h4-11,16,18-19H,12-15,17H2,1-3H3,(H2,24,25,26);1H. The lowest BCUT2D eigenvalue weighted by atomic mass is 10.1. The van der Waals surface area contributed by atoms with E-state index in [0.29, 0.717) is 6.04 Å². The van der Waals surface area contributed by atoms with Crippen molar-refractivity contribution in [3.8, 4) is 0 Å². The molecule has 2 aromatic heterocycles. The number of aromatic nitrogens is 2. The van der Waals surface area contributed by atoms with Gasteiger partial charge in [0, 0.05) is 51.5 Å². The fourth-order valence-corrected chi connectivity index (χ4v) is 3.28. The van der Waals surface area contributed by atoms with E-state index in [1.807, 2.05) is 31.4 Å². The molecule has 0 aliphatic rings. The van der Waals surface area contributed by atoms with Crippen molar-refractivity contribution < 1.29 is 0 Å². The number of rotatable bonds is 9. The Hall–Kier alpha value is -2.13. The summed E-state index contributed by atoms with van der Waals surface area (Å²) >= 11 is 0. The van der Waals surface area contributed by atoms with Crippen molar-refractivity contribution in [1.29, 1.82) is 0 Å². The van der Waals surface area contributed by atoms with Crippen molar-refractivity contribution >= 4 is 35.6 Å². The lowest BCUT2D eigenvalue weighted by molar-refractivity contribution is 0.238. The molecule has 2 heterocycles. The zero-order valence-electron chi connectivity index (χ0n) is 18.1. The third-order valence-electron chi connectivity index (χ3n) is 5.19. The first kappa shape index (κ1) is 24.1. The average molecular weight is 520 g/mol. The largest absolute Gasteiger partial charge is 0.356 e. The minimum absolute atomic E-state index is 0. The van der Waals surface area contributed by atoms with Crippen LogP contribution in [0.25, 0.3) is 5.65 Å². The van der Waals surface area contributed by atoms with Gasteiger partial charge in [-0.15, -0.1) is 24.0 Å². The molecule has 1 aromatic carbocycles. The molecule has 1 unspecified atom stereocenters. The van der Waals surface area contributed by atoms with E-state index in [-0.39, 0.29) is 24.0 Å². The van der Waals surface area contributed by atoms with Crippen LogP contribution in [-0.4, -0.2) is 53.5 Å². The van der Waals surface area contributed by atoms with Crippen LogP contribution in [0.3, 0.4) is 0 Å². The first-order chi connectivity index (χ1) is 14.2. The number of aliphatic imine (C=N–C) groups is 1. The molecule has 7 heteroatoms. The summed E-state index contributed by atoms with van der Waals surface area (Å²) < 4.78 is 2.05. The van der Waals surface area contributed by atoms with Crippen LogP contribution in [0.15, 0.2) is 65.9 Å². The second-order valence-electron chi connectivity index (χ2n) is 7.41. The molecule has 0 aliphatic carbocycles. The van der Waals surface area contributed by atoms with Gasteiger partial charge in [-0.3, -0.25) is 9.89 Å². The Balaban J connectivity index is 0.00000320. The zero-order valence-corrected chi connectivity index (χ0v) is 20.4. The number of hydrogen-bond acceptors (Lipinski definition) is 3. The van der Waals surface area contributed by atoms with Gasteiger partial charge in [0.25, 0.3) is 0 Å². The molecule has 2 N–H and O–H groups in total. The molecule has 0 spiro atoms. The number of benzene rings is 1. The second-order valence-corrected chi connectivity index (χ2v) is 7.41. The number of nitrogens with zero attached hydrogens (tertiary/aromatic N) is 4. The van der Waals surface area contributed by atoms with Crippen molar-refractivity contribution in [1.82, 2.24) is 24.9 Å². The molecule has 3 rings (SSSR count). The van der Waals surface area contributed by atoms with E-state index in [9.17, 15) is 0 Å². The molecule has 0 fully saturated rings. The normalized spacial score (nSPS) is 12.6. The molecule has 0 saturated carbocycles. The highest BCUT2D eigenvalue weighted by Crippen LogP contribution is 2.08. The molecular formula is C23H33IN6. The minimum atomic E-state index is 0. The van der Waals surface area contributed by atoms with Crippen LogP contribution < -0.4 is 10.6 Å². The number of pyridine rings is 1. The summed E-state index contributed by atoms with van der Waals surface area (Å²) in [5.41, 5.74) is 3.41. The molecule has 3 aromatic rings. The van der Waals surface area contributed by atoms with Crippen molar-refractivity contribution in [3.63, 3.8) is 0 Å². The summed E-state index contributed by atoms with van der Waals surface area (Å²) in [5, 5.41) is 6.80. The summed E-state index contributed by atoms with van der Waals surface area (Å²) in [6.45, 7) is 4.92. The molecule has 0 saturated heterocycles. The monoisotopic (exact) mass is 520 g/mol. The highest BCUT2D eigenvalue weighted by atomic mass is 127. The van der Waals surface area contributed by atoms with Crippen LogP contribution >= 0.6 is 24.0 Å². The fraction of sp³-hybridized carbons (Fsp3) is 0.391. The lowest BCUT2D eigenvalue weighted by Gasteiger charge is -2.25. The van der Waals surface area contributed by atoms with Gasteiger partial charge < -0.3 is 15.0 Å². The fourth-order valence-electron chi connectivity index (χ4n) is 3.28. The number of halogens is 1. The molecule has 30 heavy (non-hydrogen) atoms. The topological polar surface area (TPSA) is 57.0 Å². The maximum absolute atomic E-state index is 4.63. The van der Waals surface area contributed by atoms with E-state index in [1.54, 1.807) is 0 Å². The number of imidazole rings is 1. The molecule has 0 aliphatic heterocycles. The van der Waals surface area contributed by atoms with Crippen molar-refractivity contribution in [2.75, 3.05) is 27.2 Å². The molecule has 6 nitrogen and oxygen atoms in total. The van der Waals surface area contributed by atoms with Gasteiger partial charge >= 0.3 is 0 Å². The minimum Gasteiger partial charge on any atom is -0.356 e. The van der Waals surface area contributed by atoms with E-state index in [0.717, 1.165) is 49.8 Å². The summed E-state index contributed by atoms with van der Waals surface area (Å²) in [7, 11) is 3.99. The third-order valence-corrected chi connectivity index (χ3v) is 5.19. The van der Waals surface area contributed by atoms with Crippen LogP contribution in [0.5, 0.6) is 0 Å². The van der Waals surface area contributed by atoms with E-state index in [1.165, 1.54) is 5.56 Å². The first-order valence-electron chi connectivity index (χ1n) is 10.3. The zero-order chi connectivity index (χ0) is 20.5. The van der Waals surface area contributed by atoms with Crippen LogP contribution in [-0.2, 0) is 13.0 Å². The number of guanidine groups is 1. The number of hydrogen-bond donors (Lipinski definition) is 2. The van der Waals surface area contributed by atoms with Gasteiger partial charge in [0.2, 0.25) is 0 Å². The summed E-state index contributed by atoms with van der Waals surface area (Å²) in [4.78, 5) is 11.3. The Labute approximate surface area is 196 Å². The molecule has 0 bridgehead atoms. The highest BCUT2D eigenvalue weighted by molar-refractivity contribution is 14.0. The summed E-state index contributed by atoms with van der Waals surface area (Å²) in [5.74, 6) is 0.840. The lowest BCUT2D eigenvalue weighted by Crippen LogP contribution is -2.40. The average Bonchev–Trinajstić information content (AvgIpc) is 3.16. The Bertz CT molecular complexity index is 875.